The van der Waals surface area contributed by atoms with E-state index in [0.717, 1.165) is 53.4 Å². The molecule has 1 aromatic heterocycles. The monoisotopic (exact) mass is 362 g/mol. The van der Waals surface area contributed by atoms with Crippen molar-refractivity contribution in [2.75, 3.05) is 38.6 Å². The molecular formula is C22H26N4O. The molecule has 2 heterocycles. The third-order valence-corrected chi connectivity index (χ3v) is 5.14. The Hall–Kier alpha value is -2.66. The van der Waals surface area contributed by atoms with Crippen LogP contribution in [0.5, 0.6) is 5.75 Å². The molecule has 4 rings (SSSR count). The summed E-state index contributed by atoms with van der Waals surface area (Å²) in [6.07, 6.45) is 2.04. The molecule has 0 radical (unpaired) electrons. The number of para-hydroxylation sites is 1. The van der Waals surface area contributed by atoms with Gasteiger partial charge in [-0.3, -0.25) is 0 Å². The molecule has 3 aromatic rings. The molecule has 0 unspecified atom stereocenters. The first kappa shape index (κ1) is 17.7. The molecule has 2 aromatic carbocycles. The Labute approximate surface area is 160 Å². The fraction of sp³-hybridized carbons (Fsp3) is 0.364. The highest BCUT2D eigenvalue weighted by atomic mass is 16.5. The molecule has 0 atom stereocenters. The fourth-order valence-corrected chi connectivity index (χ4v) is 3.43. The maximum absolute atomic E-state index is 5.36. The van der Waals surface area contributed by atoms with Gasteiger partial charge in [-0.05, 0) is 55.8 Å². The molecule has 5 heteroatoms. The van der Waals surface area contributed by atoms with Gasteiger partial charge < -0.3 is 15.0 Å². The van der Waals surface area contributed by atoms with Crippen LogP contribution < -0.4 is 10.1 Å². The summed E-state index contributed by atoms with van der Waals surface area (Å²) in [5, 5.41) is 3.53. The number of fused-ring (bicyclic) bond motifs is 1. The van der Waals surface area contributed by atoms with Crippen LogP contribution >= 0.6 is 0 Å². The largest absolute Gasteiger partial charge is 0.497 e. The topological polar surface area (TPSA) is 50.3 Å². The van der Waals surface area contributed by atoms with Gasteiger partial charge in [0.2, 0.25) is 0 Å². The summed E-state index contributed by atoms with van der Waals surface area (Å²) in [5.41, 5.74) is 5.22. The van der Waals surface area contributed by atoms with Gasteiger partial charge in [-0.25, -0.2) is 9.97 Å². The number of likely N-dealkylation sites (tertiary alicyclic amines) is 1. The highest BCUT2D eigenvalue weighted by Crippen LogP contribution is 2.23. The number of anilines is 1. The summed E-state index contributed by atoms with van der Waals surface area (Å²) >= 11 is 0. The Kier molecular flexibility index (Phi) is 5.21. The molecule has 140 valence electrons. The predicted octanol–water partition coefficient (Wildman–Crippen LogP) is 3.66. The van der Waals surface area contributed by atoms with E-state index in [1.54, 1.807) is 7.11 Å². The van der Waals surface area contributed by atoms with Gasteiger partial charge in [0.25, 0.3) is 0 Å². The highest BCUT2D eigenvalue weighted by molar-refractivity contribution is 5.79. The van der Waals surface area contributed by atoms with Crippen molar-refractivity contribution >= 4 is 16.9 Å². The van der Waals surface area contributed by atoms with Crippen LogP contribution in [0.25, 0.3) is 11.0 Å². The van der Waals surface area contributed by atoms with E-state index in [4.69, 9.17) is 14.7 Å². The molecular weight excluding hydrogens is 336 g/mol. The summed E-state index contributed by atoms with van der Waals surface area (Å²) in [7, 11) is 1.70. The Morgan fingerprint density at radius 3 is 2.74 bits per heavy atom. The van der Waals surface area contributed by atoms with Gasteiger partial charge in [0.15, 0.2) is 0 Å². The van der Waals surface area contributed by atoms with Gasteiger partial charge in [-0.1, -0.05) is 24.3 Å². The average molecular weight is 362 g/mol. The Morgan fingerprint density at radius 1 is 1.11 bits per heavy atom. The van der Waals surface area contributed by atoms with Crippen molar-refractivity contribution in [1.29, 1.82) is 0 Å². The first-order chi connectivity index (χ1) is 13.2. The van der Waals surface area contributed by atoms with Crippen LogP contribution in [-0.2, 0) is 6.42 Å². The molecule has 1 aliphatic rings. The van der Waals surface area contributed by atoms with Gasteiger partial charge in [-0.15, -0.1) is 0 Å². The minimum Gasteiger partial charge on any atom is -0.497 e. The fourth-order valence-electron chi connectivity index (χ4n) is 3.43. The summed E-state index contributed by atoms with van der Waals surface area (Å²) in [4.78, 5) is 12.3. The van der Waals surface area contributed by atoms with Gasteiger partial charge in [0, 0.05) is 19.5 Å². The van der Waals surface area contributed by atoms with E-state index in [0.29, 0.717) is 0 Å². The van der Waals surface area contributed by atoms with E-state index >= 15 is 0 Å². The van der Waals surface area contributed by atoms with Crippen molar-refractivity contribution in [2.24, 2.45) is 0 Å². The standard InChI is InChI=1S/C22H26N4O/c1-16-6-3-9-19-21(16)24-20(15-17-7-4-8-18(14-17)27-2)22(25-19)23-10-13-26-11-5-12-26/h3-4,6-9,14H,5,10-13,15H2,1-2H3,(H,23,25). The zero-order chi connectivity index (χ0) is 18.6. The van der Waals surface area contributed by atoms with Gasteiger partial charge in [-0.2, -0.15) is 0 Å². The molecule has 0 spiro atoms. The lowest BCUT2D eigenvalue weighted by atomic mass is 10.1. The van der Waals surface area contributed by atoms with E-state index in [9.17, 15) is 0 Å². The van der Waals surface area contributed by atoms with E-state index in [1.807, 2.05) is 24.3 Å². The SMILES string of the molecule is COc1cccc(Cc2nc3c(C)cccc3nc2NCCN2CCC2)c1. The number of aryl methyl sites for hydroxylation is 1. The van der Waals surface area contributed by atoms with Crippen molar-refractivity contribution in [2.45, 2.75) is 19.8 Å². The van der Waals surface area contributed by atoms with Gasteiger partial charge in [0.1, 0.15) is 11.6 Å². The molecule has 1 fully saturated rings. The summed E-state index contributed by atoms with van der Waals surface area (Å²) in [6, 6.07) is 14.3. The third-order valence-electron chi connectivity index (χ3n) is 5.14. The number of hydrogen-bond donors (Lipinski definition) is 1. The quantitative estimate of drug-likeness (QED) is 0.695. The molecule has 1 aliphatic heterocycles. The van der Waals surface area contributed by atoms with Crippen LogP contribution in [0.1, 0.15) is 23.2 Å². The highest BCUT2D eigenvalue weighted by Gasteiger charge is 2.15. The van der Waals surface area contributed by atoms with Crippen LogP contribution in [-0.4, -0.2) is 48.2 Å². The minimum atomic E-state index is 0.723. The number of rotatable bonds is 7. The third kappa shape index (κ3) is 4.03. The maximum atomic E-state index is 5.36. The molecule has 0 saturated carbocycles. The van der Waals surface area contributed by atoms with Gasteiger partial charge in [0.05, 0.1) is 23.8 Å². The molecule has 0 amide bonds. The summed E-state index contributed by atoms with van der Waals surface area (Å²) in [6.45, 7) is 6.44. The Balaban J connectivity index is 1.63. The number of nitrogens with one attached hydrogen (secondary N) is 1. The van der Waals surface area contributed by atoms with Crippen molar-refractivity contribution in [3.8, 4) is 5.75 Å². The lowest BCUT2D eigenvalue weighted by molar-refractivity contribution is 0.189. The molecule has 1 saturated heterocycles. The normalized spacial score (nSPS) is 14.1. The lowest BCUT2D eigenvalue weighted by Crippen LogP contribution is -2.40. The van der Waals surface area contributed by atoms with E-state index < -0.39 is 0 Å². The van der Waals surface area contributed by atoms with Crippen LogP contribution in [0, 0.1) is 6.92 Å². The second kappa shape index (κ2) is 7.92. The number of ether oxygens (including phenoxy) is 1. The maximum Gasteiger partial charge on any atom is 0.148 e. The number of hydrogen-bond acceptors (Lipinski definition) is 5. The lowest BCUT2D eigenvalue weighted by Gasteiger charge is -2.30. The number of nitrogens with zero attached hydrogens (tertiary/aromatic N) is 3. The van der Waals surface area contributed by atoms with E-state index in [-0.39, 0.29) is 0 Å². The van der Waals surface area contributed by atoms with Crippen LogP contribution in [0.4, 0.5) is 5.82 Å². The average Bonchev–Trinajstić information content (AvgIpc) is 2.65. The molecule has 5 nitrogen and oxygen atoms in total. The Morgan fingerprint density at radius 2 is 1.96 bits per heavy atom. The molecule has 27 heavy (non-hydrogen) atoms. The van der Waals surface area contributed by atoms with E-state index in [1.165, 1.54) is 25.1 Å². The first-order valence-electron chi connectivity index (χ1n) is 9.58. The minimum absolute atomic E-state index is 0.723. The second-order valence-electron chi connectivity index (χ2n) is 7.11. The molecule has 0 bridgehead atoms. The number of aromatic nitrogens is 2. The predicted molar refractivity (Wildman–Crippen MR) is 110 cm³/mol. The van der Waals surface area contributed by atoms with Crippen LogP contribution in [0.15, 0.2) is 42.5 Å². The van der Waals surface area contributed by atoms with Crippen molar-refractivity contribution in [1.82, 2.24) is 14.9 Å². The van der Waals surface area contributed by atoms with Crippen molar-refractivity contribution < 1.29 is 4.74 Å². The second-order valence-corrected chi connectivity index (χ2v) is 7.11. The van der Waals surface area contributed by atoms with Crippen LogP contribution in [0.2, 0.25) is 0 Å². The zero-order valence-corrected chi connectivity index (χ0v) is 16.0. The van der Waals surface area contributed by atoms with Crippen molar-refractivity contribution in [3.63, 3.8) is 0 Å². The van der Waals surface area contributed by atoms with Crippen molar-refractivity contribution in [3.05, 3.63) is 59.3 Å². The van der Waals surface area contributed by atoms with E-state index in [2.05, 4.69) is 35.3 Å². The molecule has 1 N–H and O–H groups in total. The van der Waals surface area contributed by atoms with Crippen LogP contribution in [0.3, 0.4) is 0 Å². The van der Waals surface area contributed by atoms with Gasteiger partial charge >= 0.3 is 0 Å². The Bertz CT molecular complexity index is 937. The number of methoxy groups -OCH3 is 1. The number of benzene rings is 2. The zero-order valence-electron chi connectivity index (χ0n) is 16.0. The molecule has 0 aliphatic carbocycles. The smallest absolute Gasteiger partial charge is 0.148 e. The summed E-state index contributed by atoms with van der Waals surface area (Å²) in [5.74, 6) is 1.75. The first-order valence-corrected chi connectivity index (χ1v) is 9.58. The summed E-state index contributed by atoms with van der Waals surface area (Å²) < 4.78 is 5.36.